The van der Waals surface area contributed by atoms with Crippen molar-refractivity contribution in [3.8, 4) is 5.75 Å². The molecule has 0 aliphatic carbocycles. The molecule has 0 spiro atoms. The van der Waals surface area contributed by atoms with Crippen LogP contribution in [-0.4, -0.2) is 76.1 Å². The highest BCUT2D eigenvalue weighted by molar-refractivity contribution is 5.80. The summed E-state index contributed by atoms with van der Waals surface area (Å²) in [6.07, 6.45) is 2.10. The predicted octanol–water partition coefficient (Wildman–Crippen LogP) is 3.23. The highest BCUT2D eigenvalue weighted by Gasteiger charge is 2.34. The van der Waals surface area contributed by atoms with Crippen molar-refractivity contribution in [1.29, 1.82) is 0 Å². The van der Waals surface area contributed by atoms with E-state index in [0.29, 0.717) is 17.9 Å². The van der Waals surface area contributed by atoms with Gasteiger partial charge in [-0.25, -0.2) is 4.68 Å². The maximum Gasteiger partial charge on any atom is 0.253 e. The van der Waals surface area contributed by atoms with E-state index in [1.807, 2.05) is 28.9 Å². The topological polar surface area (TPSA) is 101 Å². The first kappa shape index (κ1) is 25.5. The SMILES string of the molecule is COc1ccc2[nH]c(=O)c([C@@H](c3nnnn3C[C@H]3CCCO3)N3CCN(c4cccc(C)c4C)CC3)cc2c1. The molecule has 0 radical (unpaired) electrons. The summed E-state index contributed by atoms with van der Waals surface area (Å²) in [4.78, 5) is 21.4. The van der Waals surface area contributed by atoms with Gasteiger partial charge in [0.2, 0.25) is 0 Å². The Bertz CT molecular complexity index is 1520. The number of aromatic amines is 1. The van der Waals surface area contributed by atoms with Crippen LogP contribution in [0.25, 0.3) is 10.9 Å². The summed E-state index contributed by atoms with van der Waals surface area (Å²) in [6.45, 7) is 8.88. The van der Waals surface area contributed by atoms with Crippen LogP contribution < -0.4 is 15.2 Å². The minimum Gasteiger partial charge on any atom is -0.497 e. The standard InChI is InChI=1S/C29H35N7O3/c1-19-6-4-8-26(20(19)2)34-11-13-35(14-12-34)27(28-31-32-33-36(28)18-23-7-5-15-39-23)24-17-21-16-22(38-3)9-10-25(21)30-29(24)37/h4,6,8-10,16-17,23,27H,5,7,11-15,18H2,1-3H3,(H,30,37)/t23-,27+/m1/s1. The number of piperazine rings is 1. The number of fused-ring (bicyclic) bond motifs is 1. The number of rotatable bonds is 7. The number of pyridine rings is 1. The van der Waals surface area contributed by atoms with Gasteiger partial charge in [0, 0.05) is 54.9 Å². The van der Waals surface area contributed by atoms with Crippen LogP contribution in [0.4, 0.5) is 5.69 Å². The van der Waals surface area contributed by atoms with Gasteiger partial charge in [-0.2, -0.15) is 0 Å². The van der Waals surface area contributed by atoms with E-state index in [-0.39, 0.29) is 11.7 Å². The van der Waals surface area contributed by atoms with E-state index in [4.69, 9.17) is 9.47 Å². The highest BCUT2D eigenvalue weighted by atomic mass is 16.5. The Balaban J connectivity index is 1.37. The first-order chi connectivity index (χ1) is 19.0. The first-order valence-electron chi connectivity index (χ1n) is 13.7. The Kier molecular flexibility index (Phi) is 7.05. The first-order valence-corrected chi connectivity index (χ1v) is 13.7. The number of hydrogen-bond donors (Lipinski definition) is 1. The lowest BCUT2D eigenvalue weighted by Gasteiger charge is -2.40. The Morgan fingerprint density at radius 2 is 1.97 bits per heavy atom. The quantitative estimate of drug-likeness (QED) is 0.390. The molecule has 2 aromatic heterocycles. The minimum absolute atomic E-state index is 0.0770. The van der Waals surface area contributed by atoms with Crippen molar-refractivity contribution in [3.05, 3.63) is 75.3 Å². The van der Waals surface area contributed by atoms with Gasteiger partial charge < -0.3 is 19.4 Å². The molecule has 6 rings (SSSR count). The zero-order chi connectivity index (χ0) is 26.9. The molecule has 0 saturated carbocycles. The summed E-state index contributed by atoms with van der Waals surface area (Å²) in [5.74, 6) is 1.40. The van der Waals surface area contributed by atoms with Gasteiger partial charge in [-0.05, 0) is 78.6 Å². The zero-order valence-electron chi connectivity index (χ0n) is 22.8. The molecular weight excluding hydrogens is 494 g/mol. The van der Waals surface area contributed by atoms with Gasteiger partial charge in [0.25, 0.3) is 5.56 Å². The van der Waals surface area contributed by atoms with E-state index in [0.717, 1.165) is 62.3 Å². The molecule has 1 N–H and O–H groups in total. The monoisotopic (exact) mass is 529 g/mol. The van der Waals surface area contributed by atoms with Crippen LogP contribution in [0.2, 0.25) is 0 Å². The van der Waals surface area contributed by atoms with Crippen molar-refractivity contribution in [2.24, 2.45) is 0 Å². The van der Waals surface area contributed by atoms with Crippen LogP contribution in [-0.2, 0) is 11.3 Å². The third-order valence-electron chi connectivity index (χ3n) is 8.18. The molecule has 0 amide bonds. The molecule has 10 heteroatoms. The van der Waals surface area contributed by atoms with E-state index in [1.165, 1.54) is 16.8 Å². The number of benzene rings is 2. The largest absolute Gasteiger partial charge is 0.497 e. The van der Waals surface area contributed by atoms with E-state index in [2.05, 4.69) is 62.4 Å². The number of hydrogen-bond acceptors (Lipinski definition) is 8. The minimum atomic E-state index is -0.401. The van der Waals surface area contributed by atoms with Gasteiger partial charge in [-0.3, -0.25) is 9.69 Å². The second-order valence-electron chi connectivity index (χ2n) is 10.5. The van der Waals surface area contributed by atoms with Crippen molar-refractivity contribution in [2.45, 2.75) is 45.4 Å². The fourth-order valence-corrected chi connectivity index (χ4v) is 5.85. The van der Waals surface area contributed by atoms with Crippen LogP contribution in [0.3, 0.4) is 0 Å². The number of aromatic nitrogens is 5. The number of H-pyrrole nitrogens is 1. The Morgan fingerprint density at radius 1 is 1.13 bits per heavy atom. The van der Waals surface area contributed by atoms with Crippen LogP contribution >= 0.6 is 0 Å². The molecule has 2 fully saturated rings. The molecule has 39 heavy (non-hydrogen) atoms. The van der Waals surface area contributed by atoms with Crippen molar-refractivity contribution in [3.63, 3.8) is 0 Å². The molecule has 4 aromatic rings. The Labute approximate surface area is 227 Å². The van der Waals surface area contributed by atoms with Gasteiger partial charge >= 0.3 is 0 Å². The van der Waals surface area contributed by atoms with Crippen molar-refractivity contribution >= 4 is 16.6 Å². The number of methoxy groups -OCH3 is 1. The number of ether oxygens (including phenoxy) is 2. The summed E-state index contributed by atoms with van der Waals surface area (Å²) in [7, 11) is 1.64. The fraction of sp³-hybridized carbons (Fsp3) is 0.448. The lowest BCUT2D eigenvalue weighted by molar-refractivity contribution is 0.0906. The van der Waals surface area contributed by atoms with Crippen LogP contribution in [0.5, 0.6) is 5.75 Å². The fourth-order valence-electron chi connectivity index (χ4n) is 5.85. The maximum atomic E-state index is 13.6. The molecule has 4 heterocycles. The lowest BCUT2D eigenvalue weighted by Crippen LogP contribution is -2.49. The number of tetrazole rings is 1. The van der Waals surface area contributed by atoms with E-state index in [1.54, 1.807) is 7.11 Å². The van der Waals surface area contributed by atoms with E-state index < -0.39 is 6.04 Å². The third-order valence-corrected chi connectivity index (χ3v) is 8.18. The molecular formula is C29H35N7O3. The molecule has 2 atom stereocenters. The van der Waals surface area contributed by atoms with Crippen molar-refractivity contribution < 1.29 is 9.47 Å². The summed E-state index contributed by atoms with van der Waals surface area (Å²) in [5.41, 5.74) is 5.12. The molecule has 2 aliphatic heterocycles. The van der Waals surface area contributed by atoms with Gasteiger partial charge in [0.05, 0.1) is 19.8 Å². The number of nitrogens with one attached hydrogen (secondary N) is 1. The number of nitrogens with zero attached hydrogens (tertiary/aromatic N) is 6. The Hall–Kier alpha value is -3.76. The van der Waals surface area contributed by atoms with E-state index in [9.17, 15) is 4.79 Å². The number of aryl methyl sites for hydroxylation is 1. The average molecular weight is 530 g/mol. The van der Waals surface area contributed by atoms with Gasteiger partial charge in [-0.15, -0.1) is 5.10 Å². The molecule has 10 nitrogen and oxygen atoms in total. The zero-order valence-corrected chi connectivity index (χ0v) is 22.8. The van der Waals surface area contributed by atoms with Crippen molar-refractivity contribution in [2.75, 3.05) is 44.8 Å². The average Bonchev–Trinajstić information content (AvgIpc) is 3.64. The van der Waals surface area contributed by atoms with Gasteiger partial charge in [0.15, 0.2) is 5.82 Å². The normalized spacial score (nSPS) is 19.1. The third kappa shape index (κ3) is 5.02. The summed E-state index contributed by atoms with van der Waals surface area (Å²) in [6, 6.07) is 13.7. The number of anilines is 1. The van der Waals surface area contributed by atoms with Crippen LogP contribution in [0, 0.1) is 13.8 Å². The molecule has 2 aliphatic rings. The molecule has 2 aromatic carbocycles. The Morgan fingerprint density at radius 3 is 2.74 bits per heavy atom. The van der Waals surface area contributed by atoms with Crippen LogP contribution in [0.1, 0.15) is 41.4 Å². The van der Waals surface area contributed by atoms with E-state index >= 15 is 0 Å². The van der Waals surface area contributed by atoms with Gasteiger partial charge in [0.1, 0.15) is 11.8 Å². The molecule has 2 saturated heterocycles. The van der Waals surface area contributed by atoms with Crippen molar-refractivity contribution in [1.82, 2.24) is 30.1 Å². The lowest BCUT2D eigenvalue weighted by atomic mass is 10.0. The summed E-state index contributed by atoms with van der Waals surface area (Å²) in [5, 5.41) is 13.8. The smallest absolute Gasteiger partial charge is 0.253 e. The predicted molar refractivity (Wildman–Crippen MR) is 149 cm³/mol. The second kappa shape index (κ2) is 10.8. The molecule has 0 bridgehead atoms. The molecule has 0 unspecified atom stereocenters. The van der Waals surface area contributed by atoms with Crippen LogP contribution in [0.15, 0.2) is 47.3 Å². The van der Waals surface area contributed by atoms with Gasteiger partial charge in [-0.1, -0.05) is 12.1 Å². The second-order valence-corrected chi connectivity index (χ2v) is 10.5. The molecule has 204 valence electrons. The summed E-state index contributed by atoms with van der Waals surface area (Å²) >= 11 is 0. The summed E-state index contributed by atoms with van der Waals surface area (Å²) < 4.78 is 13.2. The maximum absolute atomic E-state index is 13.6. The highest BCUT2D eigenvalue weighted by Crippen LogP contribution is 2.31.